The number of piperidine rings is 1. The minimum absolute atomic E-state index is 0.496. The van der Waals surface area contributed by atoms with Gasteiger partial charge in [0, 0.05) is 38.4 Å². The highest BCUT2D eigenvalue weighted by atomic mass is 15.2. The van der Waals surface area contributed by atoms with Gasteiger partial charge < -0.3 is 15.1 Å². The lowest BCUT2D eigenvalue weighted by atomic mass is 9.99. The average molecular weight is 414 g/mol. The summed E-state index contributed by atoms with van der Waals surface area (Å²) in [5.74, 6) is 2.71. The van der Waals surface area contributed by atoms with E-state index in [0.717, 1.165) is 30.8 Å². The lowest BCUT2D eigenvalue weighted by Crippen LogP contribution is -2.40. The van der Waals surface area contributed by atoms with Gasteiger partial charge in [0.05, 0.1) is 0 Å². The van der Waals surface area contributed by atoms with E-state index >= 15 is 0 Å². The van der Waals surface area contributed by atoms with Gasteiger partial charge in [-0.15, -0.1) is 0 Å². The highest BCUT2D eigenvalue weighted by Gasteiger charge is 2.20. The zero-order chi connectivity index (χ0) is 21.2. The molecule has 168 valence electrons. The predicted molar refractivity (Wildman–Crippen MR) is 128 cm³/mol. The molecule has 0 bridgehead atoms. The fourth-order valence-electron chi connectivity index (χ4n) is 4.58. The Bertz CT molecular complexity index is 639. The van der Waals surface area contributed by atoms with E-state index in [0.29, 0.717) is 6.04 Å². The summed E-state index contributed by atoms with van der Waals surface area (Å²) in [6.07, 6.45) is 15.8. The number of allylic oxidation sites excluding steroid dienone is 2. The van der Waals surface area contributed by atoms with E-state index in [-0.39, 0.29) is 0 Å². The summed E-state index contributed by atoms with van der Waals surface area (Å²) in [6, 6.07) is 2.56. The van der Waals surface area contributed by atoms with Gasteiger partial charge in [-0.2, -0.15) is 4.98 Å². The Balaban J connectivity index is 1.38. The van der Waals surface area contributed by atoms with Crippen LogP contribution in [0.3, 0.4) is 0 Å². The largest absolute Gasteiger partial charge is 0.356 e. The molecule has 0 aliphatic carbocycles. The van der Waals surface area contributed by atoms with Crippen LogP contribution in [0.1, 0.15) is 78.6 Å². The molecule has 1 aromatic heterocycles. The summed E-state index contributed by atoms with van der Waals surface area (Å²) in [6.45, 7) is 12.7. The fourth-order valence-corrected chi connectivity index (χ4v) is 4.58. The number of aromatic nitrogens is 2. The van der Waals surface area contributed by atoms with E-state index in [1.807, 2.05) is 6.20 Å². The molecular weight excluding hydrogens is 370 g/mol. The van der Waals surface area contributed by atoms with Crippen molar-refractivity contribution in [3.63, 3.8) is 0 Å². The van der Waals surface area contributed by atoms with Gasteiger partial charge >= 0.3 is 0 Å². The minimum atomic E-state index is 0.496. The quantitative estimate of drug-likeness (QED) is 0.541. The lowest BCUT2D eigenvalue weighted by Gasteiger charge is -2.33. The van der Waals surface area contributed by atoms with Crippen molar-refractivity contribution in [3.8, 4) is 0 Å². The minimum Gasteiger partial charge on any atom is -0.356 e. The highest BCUT2D eigenvalue weighted by Crippen LogP contribution is 2.20. The molecule has 0 radical (unpaired) electrons. The number of rotatable bonds is 9. The van der Waals surface area contributed by atoms with Crippen molar-refractivity contribution in [2.45, 2.75) is 84.6 Å². The van der Waals surface area contributed by atoms with Gasteiger partial charge in [0.25, 0.3) is 0 Å². The van der Waals surface area contributed by atoms with Crippen molar-refractivity contribution >= 4 is 11.8 Å². The van der Waals surface area contributed by atoms with Crippen LogP contribution in [0.25, 0.3) is 0 Å². The Kier molecular flexibility index (Phi) is 9.44. The van der Waals surface area contributed by atoms with Gasteiger partial charge in [-0.3, -0.25) is 0 Å². The van der Waals surface area contributed by atoms with Gasteiger partial charge in [-0.1, -0.05) is 31.4 Å². The molecular formula is C25H43N5. The van der Waals surface area contributed by atoms with Crippen molar-refractivity contribution in [1.82, 2.24) is 14.9 Å². The molecule has 2 aliphatic rings. The third-order valence-corrected chi connectivity index (χ3v) is 6.64. The molecule has 1 N–H and O–H groups in total. The number of anilines is 2. The van der Waals surface area contributed by atoms with Crippen LogP contribution in [0.2, 0.25) is 0 Å². The van der Waals surface area contributed by atoms with E-state index in [9.17, 15) is 0 Å². The topological polar surface area (TPSA) is 44.3 Å². The Morgan fingerprint density at radius 2 is 1.83 bits per heavy atom. The molecule has 30 heavy (non-hydrogen) atoms. The smallest absolute Gasteiger partial charge is 0.224 e. The summed E-state index contributed by atoms with van der Waals surface area (Å²) < 4.78 is 0. The maximum atomic E-state index is 4.84. The van der Waals surface area contributed by atoms with Crippen molar-refractivity contribution in [2.24, 2.45) is 5.92 Å². The first-order chi connectivity index (χ1) is 14.6. The van der Waals surface area contributed by atoms with Crippen molar-refractivity contribution in [1.29, 1.82) is 0 Å². The number of nitrogens with one attached hydrogen (secondary N) is 1. The van der Waals surface area contributed by atoms with Gasteiger partial charge in [-0.05, 0) is 77.3 Å². The van der Waals surface area contributed by atoms with Crippen molar-refractivity contribution in [2.75, 3.05) is 42.9 Å². The normalized spacial score (nSPS) is 19.9. The zero-order valence-electron chi connectivity index (χ0n) is 19.6. The summed E-state index contributed by atoms with van der Waals surface area (Å²) in [4.78, 5) is 14.4. The van der Waals surface area contributed by atoms with Crippen LogP contribution < -0.4 is 10.2 Å². The second-order valence-corrected chi connectivity index (χ2v) is 9.65. The standard InChI is InChI=1S/C25H43N5/c1-21(2)9-8-10-22(3)12-18-29-19-13-23(14-20-29)27-25-26-15-11-24(28-25)30-16-6-4-5-7-17-30/h9,11,15,22-23H,4-8,10,12-14,16-20H2,1-3H3,(H,26,27,28). The molecule has 1 unspecified atom stereocenters. The highest BCUT2D eigenvalue weighted by molar-refractivity contribution is 5.43. The molecule has 5 nitrogen and oxygen atoms in total. The Morgan fingerprint density at radius 3 is 2.53 bits per heavy atom. The Hall–Kier alpha value is -1.62. The fraction of sp³-hybridized carbons (Fsp3) is 0.760. The molecule has 1 atom stereocenters. The molecule has 3 rings (SSSR count). The first-order valence-corrected chi connectivity index (χ1v) is 12.3. The zero-order valence-corrected chi connectivity index (χ0v) is 19.6. The van der Waals surface area contributed by atoms with Crippen molar-refractivity contribution < 1.29 is 0 Å². The van der Waals surface area contributed by atoms with Gasteiger partial charge in [-0.25, -0.2) is 4.98 Å². The van der Waals surface area contributed by atoms with E-state index in [4.69, 9.17) is 4.98 Å². The van der Waals surface area contributed by atoms with Crippen LogP contribution >= 0.6 is 0 Å². The first kappa shape index (κ1) is 23.1. The monoisotopic (exact) mass is 413 g/mol. The third kappa shape index (κ3) is 7.90. The van der Waals surface area contributed by atoms with Crippen LogP contribution in [0, 0.1) is 5.92 Å². The van der Waals surface area contributed by atoms with Gasteiger partial charge in [0.15, 0.2) is 0 Å². The summed E-state index contributed by atoms with van der Waals surface area (Å²) in [5.41, 5.74) is 1.44. The Morgan fingerprint density at radius 1 is 1.10 bits per heavy atom. The maximum Gasteiger partial charge on any atom is 0.224 e. The molecule has 5 heteroatoms. The molecule has 0 aromatic carbocycles. The van der Waals surface area contributed by atoms with Crippen molar-refractivity contribution in [3.05, 3.63) is 23.9 Å². The second kappa shape index (κ2) is 12.3. The second-order valence-electron chi connectivity index (χ2n) is 9.65. The Labute approximate surface area is 184 Å². The summed E-state index contributed by atoms with van der Waals surface area (Å²) >= 11 is 0. The summed E-state index contributed by atoms with van der Waals surface area (Å²) in [7, 11) is 0. The molecule has 2 aliphatic heterocycles. The van der Waals surface area contributed by atoms with Gasteiger partial charge in [0.2, 0.25) is 5.95 Å². The van der Waals surface area contributed by atoms with E-state index in [1.54, 1.807) is 0 Å². The number of nitrogens with zero attached hydrogens (tertiary/aromatic N) is 4. The van der Waals surface area contributed by atoms with Crippen LogP contribution in [0.5, 0.6) is 0 Å². The summed E-state index contributed by atoms with van der Waals surface area (Å²) in [5, 5.41) is 3.62. The first-order valence-electron chi connectivity index (χ1n) is 12.3. The lowest BCUT2D eigenvalue weighted by molar-refractivity contribution is 0.205. The molecule has 0 saturated carbocycles. The third-order valence-electron chi connectivity index (χ3n) is 6.64. The predicted octanol–water partition coefficient (Wildman–Crippen LogP) is 5.51. The average Bonchev–Trinajstić information content (AvgIpc) is 3.03. The number of hydrogen-bond acceptors (Lipinski definition) is 5. The number of hydrogen-bond donors (Lipinski definition) is 1. The molecule has 3 heterocycles. The molecule has 2 fully saturated rings. The van der Waals surface area contributed by atoms with Crippen LogP contribution in [-0.4, -0.2) is 53.6 Å². The number of likely N-dealkylation sites (tertiary alicyclic amines) is 1. The molecule has 1 aromatic rings. The van der Waals surface area contributed by atoms with Gasteiger partial charge in [0.1, 0.15) is 5.82 Å². The van der Waals surface area contributed by atoms with E-state index < -0.39 is 0 Å². The van der Waals surface area contributed by atoms with E-state index in [1.165, 1.54) is 83.0 Å². The van der Waals surface area contributed by atoms with Crippen LogP contribution in [0.15, 0.2) is 23.9 Å². The SMILES string of the molecule is CC(C)=CCCC(C)CCN1CCC(Nc2nccc(N3CCCCCC3)n2)CC1. The molecule has 2 saturated heterocycles. The molecule has 0 amide bonds. The van der Waals surface area contributed by atoms with Crippen LogP contribution in [-0.2, 0) is 0 Å². The van der Waals surface area contributed by atoms with Crippen LogP contribution in [0.4, 0.5) is 11.8 Å². The maximum absolute atomic E-state index is 4.84. The molecule has 0 spiro atoms. The van der Waals surface area contributed by atoms with E-state index in [2.05, 4.69) is 53.0 Å².